The van der Waals surface area contributed by atoms with Gasteiger partial charge < -0.3 is 0 Å². The van der Waals surface area contributed by atoms with Crippen LogP contribution >= 0.6 is 11.3 Å². The highest BCUT2D eigenvalue weighted by Gasteiger charge is 1.87. The molecular weight excluding hydrogens is 158 g/mol. The second-order valence-corrected chi connectivity index (χ2v) is 2.70. The van der Waals surface area contributed by atoms with Gasteiger partial charge in [-0.1, -0.05) is 6.08 Å². The smallest absolute Gasteiger partial charge is 0.185 e. The molecule has 0 spiro atoms. The van der Waals surface area contributed by atoms with Crippen molar-refractivity contribution >= 4 is 17.2 Å². The highest BCUT2D eigenvalue weighted by Crippen LogP contribution is 2.12. The van der Waals surface area contributed by atoms with Crippen LogP contribution < -0.4 is 0 Å². The van der Waals surface area contributed by atoms with Gasteiger partial charge in [0.15, 0.2) is 5.82 Å². The first-order chi connectivity index (χ1) is 5.33. The number of azo groups is 1. The number of hydrogen-bond donors (Lipinski definition) is 0. The van der Waals surface area contributed by atoms with E-state index in [0.29, 0.717) is 5.82 Å². The molecular formula is C7H9N3S. The molecule has 3 nitrogen and oxygen atoms in total. The van der Waals surface area contributed by atoms with Crippen LogP contribution in [0, 0.1) is 0 Å². The number of hydrogen-bond acceptors (Lipinski definition) is 4. The normalized spacial score (nSPS) is 12.7. The summed E-state index contributed by atoms with van der Waals surface area (Å²) in [6, 6.07) is 0. The van der Waals surface area contributed by atoms with Crippen molar-refractivity contribution in [3.63, 3.8) is 0 Å². The Labute approximate surface area is 69.5 Å². The van der Waals surface area contributed by atoms with E-state index in [1.807, 2.05) is 25.3 Å². The van der Waals surface area contributed by atoms with Crippen molar-refractivity contribution in [1.82, 2.24) is 4.98 Å². The average Bonchev–Trinajstić information content (AvgIpc) is 2.52. The van der Waals surface area contributed by atoms with Crippen LogP contribution in [0.25, 0.3) is 0 Å². The largest absolute Gasteiger partial charge is 0.224 e. The summed E-state index contributed by atoms with van der Waals surface area (Å²) in [5.74, 6) is 0.677. The number of allylic oxidation sites excluding steroid dienone is 2. The van der Waals surface area contributed by atoms with E-state index in [1.54, 1.807) is 5.51 Å². The maximum absolute atomic E-state index is 3.95. The molecule has 58 valence electrons. The maximum Gasteiger partial charge on any atom is 0.185 e. The minimum Gasteiger partial charge on any atom is -0.224 e. The van der Waals surface area contributed by atoms with E-state index < -0.39 is 0 Å². The molecule has 0 saturated carbocycles. The van der Waals surface area contributed by atoms with Crippen LogP contribution in [0.5, 0.6) is 0 Å². The Balaban J connectivity index is 2.63. The molecule has 0 aliphatic heterocycles. The Morgan fingerprint density at radius 1 is 1.73 bits per heavy atom. The Hall–Kier alpha value is -1.03. The fraction of sp³-hybridized carbons (Fsp3) is 0.286. The molecule has 0 unspecified atom stereocenters. The molecule has 0 aliphatic rings. The molecule has 0 saturated heterocycles. The van der Waals surface area contributed by atoms with Gasteiger partial charge in [-0.15, -0.1) is 16.5 Å². The highest BCUT2D eigenvalue weighted by atomic mass is 32.1. The molecule has 0 aliphatic carbocycles. The second kappa shape index (κ2) is 3.98. The fourth-order valence-corrected chi connectivity index (χ4v) is 0.903. The molecule has 0 N–H and O–H groups in total. The van der Waals surface area contributed by atoms with E-state index in [0.717, 1.165) is 5.70 Å². The monoisotopic (exact) mass is 167 g/mol. The Kier molecular flexibility index (Phi) is 2.92. The van der Waals surface area contributed by atoms with Crippen LogP contribution in [0.4, 0.5) is 5.82 Å². The molecule has 0 atom stereocenters. The molecule has 11 heavy (non-hydrogen) atoms. The van der Waals surface area contributed by atoms with Gasteiger partial charge in [-0.2, -0.15) is 5.11 Å². The third kappa shape index (κ3) is 2.59. The van der Waals surface area contributed by atoms with Crippen molar-refractivity contribution in [3.05, 3.63) is 22.7 Å². The predicted molar refractivity (Wildman–Crippen MR) is 46.1 cm³/mol. The Morgan fingerprint density at radius 2 is 2.55 bits per heavy atom. The van der Waals surface area contributed by atoms with Crippen molar-refractivity contribution in [2.45, 2.75) is 13.8 Å². The van der Waals surface area contributed by atoms with E-state index in [-0.39, 0.29) is 0 Å². The van der Waals surface area contributed by atoms with Gasteiger partial charge >= 0.3 is 0 Å². The summed E-state index contributed by atoms with van der Waals surface area (Å²) in [4.78, 5) is 3.95. The van der Waals surface area contributed by atoms with Crippen molar-refractivity contribution < 1.29 is 0 Å². The highest BCUT2D eigenvalue weighted by molar-refractivity contribution is 7.07. The summed E-state index contributed by atoms with van der Waals surface area (Å²) in [6.45, 7) is 3.82. The Morgan fingerprint density at radius 3 is 3.09 bits per heavy atom. The SMILES string of the molecule is C/C=C(/C)N=Nc1cscn1. The molecule has 1 aromatic heterocycles. The molecule has 1 heterocycles. The van der Waals surface area contributed by atoms with Crippen LogP contribution in [0.2, 0.25) is 0 Å². The van der Waals surface area contributed by atoms with Gasteiger partial charge in [0.05, 0.1) is 11.2 Å². The predicted octanol–water partition coefficient (Wildman–Crippen LogP) is 3.15. The summed E-state index contributed by atoms with van der Waals surface area (Å²) in [6.07, 6.45) is 1.90. The van der Waals surface area contributed by atoms with Gasteiger partial charge in [0.1, 0.15) is 0 Å². The topological polar surface area (TPSA) is 37.6 Å². The van der Waals surface area contributed by atoms with E-state index in [4.69, 9.17) is 0 Å². The van der Waals surface area contributed by atoms with Gasteiger partial charge in [-0.25, -0.2) is 4.98 Å². The summed E-state index contributed by atoms with van der Waals surface area (Å²) in [5.41, 5.74) is 2.64. The third-order valence-electron chi connectivity index (χ3n) is 1.15. The van der Waals surface area contributed by atoms with Crippen LogP contribution in [0.15, 0.2) is 32.9 Å². The molecule has 0 bridgehead atoms. The standard InChI is InChI=1S/C7H9N3S/c1-3-6(2)9-10-7-4-11-5-8-7/h3-5H,1-2H3/b6-3-,10-9?. The van der Waals surface area contributed by atoms with E-state index >= 15 is 0 Å². The lowest BCUT2D eigenvalue weighted by molar-refractivity contribution is 1.09. The zero-order valence-corrected chi connectivity index (χ0v) is 7.30. The Bertz CT molecular complexity index is 261. The van der Waals surface area contributed by atoms with Crippen molar-refractivity contribution in [1.29, 1.82) is 0 Å². The molecule has 1 aromatic rings. The maximum atomic E-state index is 3.95. The molecule has 0 aromatic carbocycles. The van der Waals surface area contributed by atoms with Crippen molar-refractivity contribution in [2.75, 3.05) is 0 Å². The average molecular weight is 167 g/mol. The number of thiazole rings is 1. The zero-order chi connectivity index (χ0) is 8.10. The van der Waals surface area contributed by atoms with Gasteiger partial charge in [0.2, 0.25) is 0 Å². The minimum absolute atomic E-state index is 0.677. The second-order valence-electron chi connectivity index (χ2n) is 1.98. The van der Waals surface area contributed by atoms with Crippen molar-refractivity contribution in [2.24, 2.45) is 10.2 Å². The summed E-state index contributed by atoms with van der Waals surface area (Å²) < 4.78 is 0. The summed E-state index contributed by atoms with van der Waals surface area (Å²) in [7, 11) is 0. The lowest BCUT2D eigenvalue weighted by Gasteiger charge is -1.84. The molecule has 0 fully saturated rings. The first-order valence-electron chi connectivity index (χ1n) is 3.26. The van der Waals surface area contributed by atoms with Crippen LogP contribution in [-0.2, 0) is 0 Å². The lowest BCUT2D eigenvalue weighted by Crippen LogP contribution is -1.63. The third-order valence-corrected chi connectivity index (χ3v) is 1.72. The minimum atomic E-state index is 0.677. The summed E-state index contributed by atoms with van der Waals surface area (Å²) in [5, 5.41) is 9.66. The van der Waals surface area contributed by atoms with E-state index in [1.165, 1.54) is 11.3 Å². The van der Waals surface area contributed by atoms with Crippen molar-refractivity contribution in [3.8, 4) is 0 Å². The zero-order valence-electron chi connectivity index (χ0n) is 6.48. The van der Waals surface area contributed by atoms with Crippen LogP contribution in [-0.4, -0.2) is 4.98 Å². The number of nitrogens with zero attached hydrogens (tertiary/aromatic N) is 3. The molecule has 4 heteroatoms. The van der Waals surface area contributed by atoms with Gasteiger partial charge in [-0.05, 0) is 13.8 Å². The van der Waals surface area contributed by atoms with E-state index in [2.05, 4.69) is 15.2 Å². The van der Waals surface area contributed by atoms with Gasteiger partial charge in [0, 0.05) is 5.38 Å². The van der Waals surface area contributed by atoms with Gasteiger partial charge in [-0.3, -0.25) is 0 Å². The number of aromatic nitrogens is 1. The van der Waals surface area contributed by atoms with Crippen LogP contribution in [0.1, 0.15) is 13.8 Å². The summed E-state index contributed by atoms with van der Waals surface area (Å²) >= 11 is 1.51. The lowest BCUT2D eigenvalue weighted by atomic mass is 10.5. The quantitative estimate of drug-likeness (QED) is 0.623. The fourth-order valence-electron chi connectivity index (χ4n) is 0.443. The molecule has 0 radical (unpaired) electrons. The van der Waals surface area contributed by atoms with E-state index in [9.17, 15) is 0 Å². The van der Waals surface area contributed by atoms with Gasteiger partial charge in [0.25, 0.3) is 0 Å². The first kappa shape index (κ1) is 8.07. The molecule has 1 rings (SSSR count). The first-order valence-corrected chi connectivity index (χ1v) is 4.20. The number of rotatable bonds is 2. The van der Waals surface area contributed by atoms with Crippen LogP contribution in [0.3, 0.4) is 0 Å². The molecule has 0 amide bonds.